The van der Waals surface area contributed by atoms with Gasteiger partial charge < -0.3 is 5.32 Å². The maximum Gasteiger partial charge on any atom is 0.126 e. The monoisotopic (exact) mass is 267 g/mol. The van der Waals surface area contributed by atoms with Crippen molar-refractivity contribution < 1.29 is 8.78 Å². The van der Waals surface area contributed by atoms with Crippen molar-refractivity contribution in [1.82, 2.24) is 5.32 Å². The number of hydrogen-bond acceptors (Lipinski definition) is 1. The normalized spacial score (nSPS) is 18.3. The summed E-state index contributed by atoms with van der Waals surface area (Å²) < 4.78 is 26.5. The first kappa shape index (κ1) is 14.4. The highest BCUT2D eigenvalue weighted by Gasteiger charge is 2.28. The van der Waals surface area contributed by atoms with Gasteiger partial charge in [-0.15, -0.1) is 0 Å². The predicted octanol–water partition coefficient (Wildman–Crippen LogP) is 4.07. The lowest BCUT2D eigenvalue weighted by molar-refractivity contribution is 0.273. The summed E-state index contributed by atoms with van der Waals surface area (Å²) in [7, 11) is 0. The smallest absolute Gasteiger partial charge is 0.126 e. The van der Waals surface area contributed by atoms with Crippen molar-refractivity contribution in [2.45, 2.75) is 52.0 Å². The quantitative estimate of drug-likeness (QED) is 0.785. The summed E-state index contributed by atoms with van der Waals surface area (Å²) in [6.45, 7) is 5.28. The second kappa shape index (κ2) is 6.00. The predicted molar refractivity (Wildman–Crippen MR) is 74.1 cm³/mol. The van der Waals surface area contributed by atoms with E-state index in [9.17, 15) is 8.78 Å². The van der Waals surface area contributed by atoms with Crippen LogP contribution in [0.2, 0.25) is 0 Å². The average molecular weight is 267 g/mol. The second-order valence-electron chi connectivity index (χ2n) is 6.17. The van der Waals surface area contributed by atoms with E-state index in [2.05, 4.69) is 19.2 Å². The van der Waals surface area contributed by atoms with Crippen LogP contribution in [0, 0.1) is 17.0 Å². The third-order valence-corrected chi connectivity index (χ3v) is 3.80. The van der Waals surface area contributed by atoms with E-state index in [4.69, 9.17) is 0 Å². The maximum absolute atomic E-state index is 13.3. The molecule has 1 atom stereocenters. The molecule has 1 fully saturated rings. The van der Waals surface area contributed by atoms with Crippen LogP contribution in [0.25, 0.3) is 0 Å². The minimum Gasteiger partial charge on any atom is -0.313 e. The first-order valence-electron chi connectivity index (χ1n) is 7.19. The second-order valence-corrected chi connectivity index (χ2v) is 6.17. The van der Waals surface area contributed by atoms with Gasteiger partial charge in [-0.25, -0.2) is 8.78 Å². The molecule has 0 saturated heterocycles. The summed E-state index contributed by atoms with van der Waals surface area (Å²) in [6, 6.07) is 4.51. The van der Waals surface area contributed by atoms with Gasteiger partial charge in [0, 0.05) is 18.7 Å². The molecule has 19 heavy (non-hydrogen) atoms. The zero-order valence-corrected chi connectivity index (χ0v) is 11.8. The molecule has 0 amide bonds. The molecule has 0 heterocycles. The molecule has 1 aromatic carbocycles. The van der Waals surface area contributed by atoms with E-state index in [-0.39, 0.29) is 5.41 Å². The van der Waals surface area contributed by atoms with Crippen LogP contribution in [-0.2, 0) is 6.42 Å². The van der Waals surface area contributed by atoms with Crippen LogP contribution in [0.4, 0.5) is 8.78 Å². The minimum atomic E-state index is -0.482. The van der Waals surface area contributed by atoms with Crippen molar-refractivity contribution >= 4 is 0 Å². The number of rotatable bonds is 7. The summed E-state index contributed by atoms with van der Waals surface area (Å²) in [4.78, 5) is 0. The molecule has 1 unspecified atom stereocenters. The molecule has 1 N–H and O–H groups in total. The molecule has 1 saturated carbocycles. The first-order chi connectivity index (χ1) is 9.00. The Kier molecular flexibility index (Phi) is 4.56. The van der Waals surface area contributed by atoms with Crippen molar-refractivity contribution in [2.75, 3.05) is 6.54 Å². The Morgan fingerprint density at radius 1 is 1.21 bits per heavy atom. The largest absolute Gasteiger partial charge is 0.313 e. The van der Waals surface area contributed by atoms with Crippen molar-refractivity contribution in [1.29, 1.82) is 0 Å². The van der Waals surface area contributed by atoms with Gasteiger partial charge in [0.05, 0.1) is 0 Å². The molecule has 0 spiro atoms. The SMILES string of the molecule is CCCC(C)(CNC1CC1)Cc1cc(F)cc(F)c1. The first-order valence-corrected chi connectivity index (χ1v) is 7.19. The molecule has 0 aliphatic heterocycles. The average Bonchev–Trinajstić information content (AvgIpc) is 3.08. The Morgan fingerprint density at radius 3 is 2.37 bits per heavy atom. The molecule has 1 nitrogen and oxygen atoms in total. The number of nitrogens with one attached hydrogen (secondary N) is 1. The zero-order valence-electron chi connectivity index (χ0n) is 11.8. The van der Waals surface area contributed by atoms with Crippen LogP contribution in [0.1, 0.15) is 45.1 Å². The summed E-state index contributed by atoms with van der Waals surface area (Å²) in [5.74, 6) is -0.965. The molecule has 3 heteroatoms. The Labute approximate surface area is 114 Å². The van der Waals surface area contributed by atoms with Gasteiger partial charge in [-0.2, -0.15) is 0 Å². The lowest BCUT2D eigenvalue weighted by atomic mass is 9.79. The Balaban J connectivity index is 2.04. The van der Waals surface area contributed by atoms with E-state index in [0.29, 0.717) is 6.04 Å². The molecule has 1 aromatic rings. The Bertz CT molecular complexity index is 409. The molecule has 1 aliphatic carbocycles. The third kappa shape index (κ3) is 4.57. The van der Waals surface area contributed by atoms with E-state index in [1.165, 1.54) is 25.0 Å². The van der Waals surface area contributed by atoms with Gasteiger partial charge in [0.25, 0.3) is 0 Å². The Hall–Kier alpha value is -0.960. The zero-order chi connectivity index (χ0) is 13.9. The van der Waals surface area contributed by atoms with E-state index < -0.39 is 11.6 Å². The summed E-state index contributed by atoms with van der Waals surface area (Å²) in [5.41, 5.74) is 0.823. The number of hydrogen-bond donors (Lipinski definition) is 1. The lowest BCUT2D eigenvalue weighted by Crippen LogP contribution is -2.35. The molecule has 1 aliphatic rings. The van der Waals surface area contributed by atoms with Crippen LogP contribution in [-0.4, -0.2) is 12.6 Å². The summed E-state index contributed by atoms with van der Waals surface area (Å²) in [5, 5.41) is 3.54. The fourth-order valence-electron chi connectivity index (χ4n) is 2.73. The van der Waals surface area contributed by atoms with Crippen LogP contribution in [0.3, 0.4) is 0 Å². The molecular formula is C16H23F2N. The van der Waals surface area contributed by atoms with Crippen molar-refractivity contribution in [3.05, 3.63) is 35.4 Å². The van der Waals surface area contributed by atoms with Crippen LogP contribution in [0.5, 0.6) is 0 Å². The highest BCUT2D eigenvalue weighted by Crippen LogP contribution is 2.30. The fourth-order valence-corrected chi connectivity index (χ4v) is 2.73. The topological polar surface area (TPSA) is 12.0 Å². The van der Waals surface area contributed by atoms with Gasteiger partial charge in [0.2, 0.25) is 0 Å². The van der Waals surface area contributed by atoms with Gasteiger partial charge in [-0.3, -0.25) is 0 Å². The minimum absolute atomic E-state index is 0.0670. The fraction of sp³-hybridized carbons (Fsp3) is 0.625. The number of halogens is 2. The van der Waals surface area contributed by atoms with E-state index >= 15 is 0 Å². The van der Waals surface area contributed by atoms with Crippen molar-refractivity contribution in [3.8, 4) is 0 Å². The maximum atomic E-state index is 13.3. The van der Waals surface area contributed by atoms with Gasteiger partial charge in [0.1, 0.15) is 11.6 Å². The highest BCUT2D eigenvalue weighted by molar-refractivity contribution is 5.19. The molecular weight excluding hydrogens is 244 g/mol. The molecule has 0 radical (unpaired) electrons. The molecule has 106 valence electrons. The third-order valence-electron chi connectivity index (χ3n) is 3.80. The van der Waals surface area contributed by atoms with Crippen LogP contribution in [0.15, 0.2) is 18.2 Å². The summed E-state index contributed by atoms with van der Waals surface area (Å²) in [6.07, 6.45) is 5.38. The highest BCUT2D eigenvalue weighted by atomic mass is 19.1. The van der Waals surface area contributed by atoms with Crippen molar-refractivity contribution in [3.63, 3.8) is 0 Å². The lowest BCUT2D eigenvalue weighted by Gasteiger charge is -2.30. The van der Waals surface area contributed by atoms with Gasteiger partial charge in [-0.1, -0.05) is 20.3 Å². The molecule has 0 bridgehead atoms. The van der Waals surface area contributed by atoms with E-state index in [0.717, 1.165) is 37.4 Å². The van der Waals surface area contributed by atoms with Gasteiger partial charge in [-0.05, 0) is 48.8 Å². The number of benzene rings is 1. The Morgan fingerprint density at radius 2 is 1.84 bits per heavy atom. The molecule has 2 rings (SSSR count). The van der Waals surface area contributed by atoms with Crippen LogP contribution >= 0.6 is 0 Å². The van der Waals surface area contributed by atoms with Crippen LogP contribution < -0.4 is 5.32 Å². The van der Waals surface area contributed by atoms with E-state index in [1.807, 2.05) is 0 Å². The van der Waals surface area contributed by atoms with Crippen molar-refractivity contribution in [2.24, 2.45) is 5.41 Å². The summed E-state index contributed by atoms with van der Waals surface area (Å²) >= 11 is 0. The van der Waals surface area contributed by atoms with E-state index in [1.54, 1.807) is 0 Å². The van der Waals surface area contributed by atoms with Gasteiger partial charge in [0.15, 0.2) is 0 Å². The van der Waals surface area contributed by atoms with Gasteiger partial charge >= 0.3 is 0 Å². The molecule has 0 aromatic heterocycles. The standard InChI is InChI=1S/C16H23F2N/c1-3-6-16(2,11-19-15-4-5-15)10-12-7-13(17)9-14(18)8-12/h7-9,15,19H,3-6,10-11H2,1-2H3.